The molecule has 104 valence electrons. The van der Waals surface area contributed by atoms with Crippen LogP contribution in [0.5, 0.6) is 0 Å². The standard InChI is InChI=1S/C16H28O2/c1-12(2)7-6-8-13(3)9-10-18-15(17)14-11-16(14,4)5/h7,13-14H,6,8-11H2,1-5H3. The van der Waals surface area contributed by atoms with Gasteiger partial charge in [0.1, 0.15) is 0 Å². The van der Waals surface area contributed by atoms with E-state index >= 15 is 0 Å². The number of hydrogen-bond donors (Lipinski definition) is 0. The smallest absolute Gasteiger partial charge is 0.309 e. The van der Waals surface area contributed by atoms with E-state index in [0.717, 1.165) is 19.3 Å². The van der Waals surface area contributed by atoms with Gasteiger partial charge in [-0.1, -0.05) is 32.4 Å². The van der Waals surface area contributed by atoms with E-state index in [1.54, 1.807) is 0 Å². The fourth-order valence-electron chi connectivity index (χ4n) is 2.13. The van der Waals surface area contributed by atoms with Gasteiger partial charge in [-0.2, -0.15) is 0 Å². The van der Waals surface area contributed by atoms with Crippen LogP contribution in [0.3, 0.4) is 0 Å². The Morgan fingerprint density at radius 1 is 1.39 bits per heavy atom. The van der Waals surface area contributed by atoms with Crippen molar-refractivity contribution in [2.75, 3.05) is 6.61 Å². The molecule has 1 saturated carbocycles. The highest BCUT2D eigenvalue weighted by Gasteiger charge is 2.51. The SMILES string of the molecule is CC(C)=CCCC(C)CCOC(=O)C1CC1(C)C. The van der Waals surface area contributed by atoms with Crippen molar-refractivity contribution in [2.45, 2.75) is 60.3 Å². The van der Waals surface area contributed by atoms with Crippen LogP contribution in [-0.2, 0) is 9.53 Å². The van der Waals surface area contributed by atoms with Gasteiger partial charge in [0.15, 0.2) is 0 Å². The summed E-state index contributed by atoms with van der Waals surface area (Å²) >= 11 is 0. The summed E-state index contributed by atoms with van der Waals surface area (Å²) in [6, 6.07) is 0. The van der Waals surface area contributed by atoms with E-state index in [9.17, 15) is 4.79 Å². The number of hydrogen-bond acceptors (Lipinski definition) is 2. The second-order valence-corrected chi connectivity index (χ2v) is 6.67. The van der Waals surface area contributed by atoms with Gasteiger partial charge in [0.25, 0.3) is 0 Å². The van der Waals surface area contributed by atoms with Crippen LogP contribution in [0.4, 0.5) is 0 Å². The molecule has 2 unspecified atom stereocenters. The fourth-order valence-corrected chi connectivity index (χ4v) is 2.13. The molecule has 0 aromatic heterocycles. The maximum absolute atomic E-state index is 11.7. The molecule has 0 aromatic rings. The fraction of sp³-hybridized carbons (Fsp3) is 0.812. The van der Waals surface area contributed by atoms with E-state index < -0.39 is 0 Å². The number of rotatable bonds is 7. The summed E-state index contributed by atoms with van der Waals surface area (Å²) < 4.78 is 5.35. The van der Waals surface area contributed by atoms with Crippen LogP contribution in [-0.4, -0.2) is 12.6 Å². The summed E-state index contributed by atoms with van der Waals surface area (Å²) in [4.78, 5) is 11.7. The molecule has 1 fully saturated rings. The lowest BCUT2D eigenvalue weighted by Gasteiger charge is -2.11. The lowest BCUT2D eigenvalue weighted by atomic mass is 10.0. The maximum atomic E-state index is 11.7. The van der Waals surface area contributed by atoms with E-state index in [0.29, 0.717) is 12.5 Å². The maximum Gasteiger partial charge on any atom is 0.309 e. The molecular formula is C16H28O2. The van der Waals surface area contributed by atoms with Crippen LogP contribution in [0.2, 0.25) is 0 Å². The third-order valence-corrected chi connectivity index (χ3v) is 3.86. The molecule has 2 atom stereocenters. The number of esters is 1. The zero-order valence-electron chi connectivity index (χ0n) is 12.6. The van der Waals surface area contributed by atoms with Crippen molar-refractivity contribution in [1.82, 2.24) is 0 Å². The van der Waals surface area contributed by atoms with E-state index in [1.807, 2.05) is 0 Å². The van der Waals surface area contributed by atoms with Gasteiger partial charge in [0, 0.05) is 0 Å². The van der Waals surface area contributed by atoms with Crippen molar-refractivity contribution in [3.8, 4) is 0 Å². The van der Waals surface area contributed by atoms with Gasteiger partial charge < -0.3 is 4.74 Å². The third-order valence-electron chi connectivity index (χ3n) is 3.86. The molecule has 0 aromatic carbocycles. The van der Waals surface area contributed by atoms with Crippen LogP contribution in [0.1, 0.15) is 60.3 Å². The van der Waals surface area contributed by atoms with Crippen molar-refractivity contribution in [3.63, 3.8) is 0 Å². The minimum atomic E-state index is 0.0106. The van der Waals surface area contributed by atoms with Gasteiger partial charge in [0.05, 0.1) is 12.5 Å². The second kappa shape index (κ2) is 6.40. The summed E-state index contributed by atoms with van der Waals surface area (Å²) in [5.74, 6) is 0.788. The van der Waals surface area contributed by atoms with E-state index in [4.69, 9.17) is 4.74 Å². The quantitative estimate of drug-likeness (QED) is 0.497. The predicted octanol–water partition coefficient (Wildman–Crippen LogP) is 4.35. The van der Waals surface area contributed by atoms with Crippen molar-refractivity contribution >= 4 is 5.97 Å². The van der Waals surface area contributed by atoms with Crippen LogP contribution in [0.15, 0.2) is 11.6 Å². The Labute approximate surface area is 112 Å². The number of ether oxygens (including phenoxy) is 1. The van der Waals surface area contributed by atoms with Crippen LogP contribution >= 0.6 is 0 Å². The summed E-state index contributed by atoms with van der Waals surface area (Å²) in [7, 11) is 0. The minimum absolute atomic E-state index is 0.0106. The van der Waals surface area contributed by atoms with Crippen molar-refractivity contribution in [2.24, 2.45) is 17.3 Å². The molecule has 1 aliphatic rings. The molecule has 1 rings (SSSR count). The highest BCUT2D eigenvalue weighted by molar-refractivity contribution is 5.76. The monoisotopic (exact) mass is 252 g/mol. The molecule has 1 aliphatic carbocycles. The molecule has 0 heterocycles. The molecule has 18 heavy (non-hydrogen) atoms. The second-order valence-electron chi connectivity index (χ2n) is 6.67. The minimum Gasteiger partial charge on any atom is -0.465 e. The van der Waals surface area contributed by atoms with Crippen LogP contribution < -0.4 is 0 Å². The van der Waals surface area contributed by atoms with E-state index in [2.05, 4.69) is 40.7 Å². The van der Waals surface area contributed by atoms with E-state index in [-0.39, 0.29) is 17.3 Å². The average Bonchev–Trinajstić information content (AvgIpc) is 2.87. The molecule has 2 heteroatoms. The Balaban J connectivity index is 2.07. The number of allylic oxidation sites excluding steroid dienone is 2. The highest BCUT2D eigenvalue weighted by atomic mass is 16.5. The summed E-state index contributed by atoms with van der Waals surface area (Å²) in [6.07, 6.45) is 6.55. The number of carbonyl (C=O) groups excluding carboxylic acids is 1. The third kappa shape index (κ3) is 5.24. The molecular weight excluding hydrogens is 224 g/mol. The molecule has 0 N–H and O–H groups in total. The Kier molecular flexibility index (Phi) is 5.43. The first-order valence-electron chi connectivity index (χ1n) is 7.13. The normalized spacial score (nSPS) is 22.2. The van der Waals surface area contributed by atoms with Gasteiger partial charge in [0.2, 0.25) is 0 Å². The van der Waals surface area contributed by atoms with Gasteiger partial charge in [-0.25, -0.2) is 0 Å². The Hall–Kier alpha value is -0.790. The molecule has 0 spiro atoms. The first-order chi connectivity index (χ1) is 8.33. The summed E-state index contributed by atoms with van der Waals surface area (Å²) in [5.41, 5.74) is 1.57. The van der Waals surface area contributed by atoms with Gasteiger partial charge in [-0.15, -0.1) is 0 Å². The molecule has 0 saturated heterocycles. The average molecular weight is 252 g/mol. The van der Waals surface area contributed by atoms with Crippen molar-refractivity contribution < 1.29 is 9.53 Å². The zero-order chi connectivity index (χ0) is 13.8. The van der Waals surface area contributed by atoms with Crippen LogP contribution in [0, 0.1) is 17.3 Å². The van der Waals surface area contributed by atoms with E-state index in [1.165, 1.54) is 12.0 Å². The summed E-state index contributed by atoms with van der Waals surface area (Å²) in [5, 5.41) is 0. The lowest BCUT2D eigenvalue weighted by molar-refractivity contribution is -0.146. The van der Waals surface area contributed by atoms with Crippen molar-refractivity contribution in [1.29, 1.82) is 0 Å². The van der Waals surface area contributed by atoms with Crippen molar-refractivity contribution in [3.05, 3.63) is 11.6 Å². The molecule has 2 nitrogen and oxygen atoms in total. The van der Waals surface area contributed by atoms with Gasteiger partial charge in [-0.05, 0) is 50.9 Å². The largest absolute Gasteiger partial charge is 0.465 e. The Morgan fingerprint density at radius 3 is 2.50 bits per heavy atom. The number of carbonyl (C=O) groups is 1. The van der Waals surface area contributed by atoms with Gasteiger partial charge in [-0.3, -0.25) is 4.79 Å². The molecule has 0 aliphatic heterocycles. The first kappa shape index (κ1) is 15.3. The topological polar surface area (TPSA) is 26.3 Å². The Bertz CT molecular complexity index is 311. The van der Waals surface area contributed by atoms with Crippen LogP contribution in [0.25, 0.3) is 0 Å². The summed E-state index contributed by atoms with van der Waals surface area (Å²) in [6.45, 7) is 11.3. The predicted molar refractivity (Wildman–Crippen MR) is 75.3 cm³/mol. The molecule has 0 bridgehead atoms. The molecule has 0 radical (unpaired) electrons. The molecule has 0 amide bonds. The highest BCUT2D eigenvalue weighted by Crippen LogP contribution is 2.52. The first-order valence-corrected chi connectivity index (χ1v) is 7.13. The Morgan fingerprint density at radius 2 is 2.00 bits per heavy atom. The lowest BCUT2D eigenvalue weighted by Crippen LogP contribution is -2.12. The van der Waals surface area contributed by atoms with Gasteiger partial charge >= 0.3 is 5.97 Å². The zero-order valence-corrected chi connectivity index (χ0v) is 12.6.